The summed E-state index contributed by atoms with van der Waals surface area (Å²) in [5, 5.41) is 0. The molecule has 0 aliphatic rings. The molecule has 0 bridgehead atoms. The second kappa shape index (κ2) is 49.8. The first-order chi connectivity index (χ1) is 30.8. The van der Waals surface area contributed by atoms with E-state index < -0.39 is 6.10 Å². The highest BCUT2D eigenvalue weighted by Crippen LogP contribution is 2.18. The summed E-state index contributed by atoms with van der Waals surface area (Å²) in [4.78, 5) is 38.1. The average Bonchev–Trinajstić information content (AvgIpc) is 3.27. The molecule has 0 N–H and O–H groups in total. The van der Waals surface area contributed by atoms with Crippen molar-refractivity contribution in [3.05, 3.63) is 0 Å². The van der Waals surface area contributed by atoms with Crippen molar-refractivity contribution < 1.29 is 28.6 Å². The summed E-state index contributed by atoms with van der Waals surface area (Å²) < 4.78 is 16.9. The highest BCUT2D eigenvalue weighted by Gasteiger charge is 2.19. The molecular formula is C57H110O6. The van der Waals surface area contributed by atoms with Gasteiger partial charge in [-0.3, -0.25) is 14.4 Å². The van der Waals surface area contributed by atoms with Crippen LogP contribution in [0, 0.1) is 11.8 Å². The molecule has 374 valence electrons. The van der Waals surface area contributed by atoms with Crippen LogP contribution in [0.1, 0.15) is 317 Å². The Kier molecular flexibility index (Phi) is 48.6. The van der Waals surface area contributed by atoms with Crippen molar-refractivity contribution in [3.63, 3.8) is 0 Å². The molecule has 0 aliphatic carbocycles. The van der Waals surface area contributed by atoms with Gasteiger partial charge in [0.05, 0.1) is 0 Å². The van der Waals surface area contributed by atoms with Crippen LogP contribution in [0.25, 0.3) is 0 Å². The second-order valence-corrected chi connectivity index (χ2v) is 20.3. The van der Waals surface area contributed by atoms with Crippen LogP contribution < -0.4 is 0 Å². The Morgan fingerprint density at radius 2 is 0.603 bits per heavy atom. The maximum absolute atomic E-state index is 12.8. The van der Waals surface area contributed by atoms with Crippen LogP contribution in [0.4, 0.5) is 0 Å². The molecule has 6 nitrogen and oxygen atoms in total. The first kappa shape index (κ1) is 61.4. The molecule has 0 aliphatic heterocycles. The lowest BCUT2D eigenvalue weighted by Gasteiger charge is -2.18. The fourth-order valence-corrected chi connectivity index (χ4v) is 8.66. The van der Waals surface area contributed by atoms with Crippen molar-refractivity contribution in [2.45, 2.75) is 323 Å². The van der Waals surface area contributed by atoms with Crippen molar-refractivity contribution in [2.75, 3.05) is 13.2 Å². The van der Waals surface area contributed by atoms with E-state index in [0.717, 1.165) is 69.6 Å². The Labute approximate surface area is 393 Å². The molecule has 0 fully saturated rings. The van der Waals surface area contributed by atoms with Crippen molar-refractivity contribution in [2.24, 2.45) is 11.8 Å². The SMILES string of the molecule is CCCCCCCCCCCCCCCCCCCCCC(=O)O[C@H](COC(=O)CCCCCCCCCCCCC(C)CC)COC(=O)CCCCCCCCCCCC(C)C. The van der Waals surface area contributed by atoms with Crippen LogP contribution in [0.5, 0.6) is 0 Å². The van der Waals surface area contributed by atoms with E-state index in [4.69, 9.17) is 14.2 Å². The Balaban J connectivity index is 4.28. The highest BCUT2D eigenvalue weighted by atomic mass is 16.6. The minimum Gasteiger partial charge on any atom is -0.462 e. The molecule has 2 atom stereocenters. The van der Waals surface area contributed by atoms with Crippen LogP contribution in [0.3, 0.4) is 0 Å². The van der Waals surface area contributed by atoms with Crippen LogP contribution in [0.15, 0.2) is 0 Å². The predicted molar refractivity (Wildman–Crippen MR) is 270 cm³/mol. The lowest BCUT2D eigenvalue weighted by atomic mass is 9.99. The molecule has 0 amide bonds. The summed E-state index contributed by atoms with van der Waals surface area (Å²) in [6.07, 6.45) is 52.3. The summed E-state index contributed by atoms with van der Waals surface area (Å²) in [5.41, 5.74) is 0. The quantitative estimate of drug-likeness (QED) is 0.0344. The van der Waals surface area contributed by atoms with E-state index in [-0.39, 0.29) is 31.1 Å². The molecule has 0 saturated carbocycles. The zero-order valence-electron chi connectivity index (χ0n) is 43.2. The third-order valence-corrected chi connectivity index (χ3v) is 13.3. The number of hydrogen-bond donors (Lipinski definition) is 0. The van der Waals surface area contributed by atoms with Gasteiger partial charge in [-0.05, 0) is 31.1 Å². The normalized spacial score (nSPS) is 12.5. The summed E-state index contributed by atoms with van der Waals surface area (Å²) in [6, 6.07) is 0. The number of unbranched alkanes of at least 4 members (excludes halogenated alkanes) is 35. The predicted octanol–water partition coefficient (Wildman–Crippen LogP) is 18.5. The summed E-state index contributed by atoms with van der Waals surface area (Å²) >= 11 is 0. The average molecular weight is 892 g/mol. The fraction of sp³-hybridized carbons (Fsp3) is 0.947. The van der Waals surface area contributed by atoms with Gasteiger partial charge in [0.2, 0.25) is 0 Å². The van der Waals surface area contributed by atoms with Gasteiger partial charge >= 0.3 is 17.9 Å². The summed E-state index contributed by atoms with van der Waals surface area (Å²) in [6.45, 7) is 11.4. The molecule has 0 saturated heterocycles. The number of rotatable bonds is 51. The topological polar surface area (TPSA) is 78.9 Å². The lowest BCUT2D eigenvalue weighted by molar-refractivity contribution is -0.167. The van der Waals surface area contributed by atoms with E-state index in [1.807, 2.05) is 0 Å². The molecule has 0 spiro atoms. The van der Waals surface area contributed by atoms with Gasteiger partial charge in [-0.1, -0.05) is 279 Å². The zero-order chi connectivity index (χ0) is 46.1. The van der Waals surface area contributed by atoms with Gasteiger partial charge in [-0.25, -0.2) is 0 Å². The number of esters is 3. The van der Waals surface area contributed by atoms with Crippen molar-refractivity contribution >= 4 is 17.9 Å². The second-order valence-electron chi connectivity index (χ2n) is 20.3. The molecule has 1 unspecified atom stereocenters. The molecule has 0 aromatic carbocycles. The molecule has 0 aromatic rings. The Hall–Kier alpha value is -1.59. The molecule has 63 heavy (non-hydrogen) atoms. The van der Waals surface area contributed by atoms with Crippen LogP contribution in [0.2, 0.25) is 0 Å². The first-order valence-electron chi connectivity index (χ1n) is 28.3. The standard InChI is InChI=1S/C57H110O6/c1-6-8-9-10-11-12-13-14-15-16-17-18-19-20-21-28-34-39-44-49-57(60)63-54(51-62-56(59)48-43-38-33-29-24-25-30-35-40-45-52(3)4)50-61-55(58)47-42-37-32-27-23-22-26-31-36-41-46-53(5)7-2/h52-54H,6-51H2,1-5H3/t53?,54-/m1/s1. The molecular weight excluding hydrogens is 781 g/mol. The fourth-order valence-electron chi connectivity index (χ4n) is 8.66. The van der Waals surface area contributed by atoms with Gasteiger partial charge in [0.15, 0.2) is 6.10 Å². The van der Waals surface area contributed by atoms with Gasteiger partial charge < -0.3 is 14.2 Å². The zero-order valence-corrected chi connectivity index (χ0v) is 43.2. The third kappa shape index (κ3) is 49.7. The van der Waals surface area contributed by atoms with Crippen LogP contribution >= 0.6 is 0 Å². The van der Waals surface area contributed by atoms with Crippen molar-refractivity contribution in [1.29, 1.82) is 0 Å². The van der Waals surface area contributed by atoms with E-state index in [9.17, 15) is 14.4 Å². The monoisotopic (exact) mass is 891 g/mol. The minimum atomic E-state index is -0.763. The van der Waals surface area contributed by atoms with Gasteiger partial charge in [-0.2, -0.15) is 0 Å². The minimum absolute atomic E-state index is 0.0636. The number of carbonyl (C=O) groups is 3. The largest absolute Gasteiger partial charge is 0.462 e. The lowest BCUT2D eigenvalue weighted by Crippen LogP contribution is -2.30. The van der Waals surface area contributed by atoms with E-state index in [0.29, 0.717) is 19.3 Å². The third-order valence-electron chi connectivity index (χ3n) is 13.3. The van der Waals surface area contributed by atoms with Gasteiger partial charge in [-0.15, -0.1) is 0 Å². The van der Waals surface area contributed by atoms with Gasteiger partial charge in [0.25, 0.3) is 0 Å². The molecule has 0 radical (unpaired) electrons. The summed E-state index contributed by atoms with van der Waals surface area (Å²) in [5.74, 6) is 0.834. The smallest absolute Gasteiger partial charge is 0.306 e. The Morgan fingerprint density at radius 1 is 0.333 bits per heavy atom. The molecule has 6 heteroatoms. The van der Waals surface area contributed by atoms with Gasteiger partial charge in [0, 0.05) is 19.3 Å². The highest BCUT2D eigenvalue weighted by molar-refractivity contribution is 5.71. The maximum atomic E-state index is 12.8. The number of ether oxygens (including phenoxy) is 3. The van der Waals surface area contributed by atoms with Crippen LogP contribution in [-0.2, 0) is 28.6 Å². The molecule has 0 rings (SSSR count). The van der Waals surface area contributed by atoms with E-state index >= 15 is 0 Å². The first-order valence-corrected chi connectivity index (χ1v) is 28.3. The van der Waals surface area contributed by atoms with Gasteiger partial charge in [0.1, 0.15) is 13.2 Å². The Bertz CT molecular complexity index is 964. The summed E-state index contributed by atoms with van der Waals surface area (Å²) in [7, 11) is 0. The Morgan fingerprint density at radius 3 is 0.905 bits per heavy atom. The van der Waals surface area contributed by atoms with E-state index in [2.05, 4.69) is 34.6 Å². The molecule has 0 aromatic heterocycles. The number of hydrogen-bond acceptors (Lipinski definition) is 6. The molecule has 0 heterocycles. The maximum Gasteiger partial charge on any atom is 0.306 e. The van der Waals surface area contributed by atoms with Crippen molar-refractivity contribution in [3.8, 4) is 0 Å². The van der Waals surface area contributed by atoms with Crippen molar-refractivity contribution in [1.82, 2.24) is 0 Å². The van der Waals surface area contributed by atoms with E-state index in [1.165, 1.54) is 205 Å². The van der Waals surface area contributed by atoms with Crippen LogP contribution in [-0.4, -0.2) is 37.2 Å². The number of carbonyl (C=O) groups excluding carboxylic acids is 3. The van der Waals surface area contributed by atoms with E-state index in [1.54, 1.807) is 0 Å².